The Balaban J connectivity index is 1.36. The van der Waals surface area contributed by atoms with E-state index in [4.69, 9.17) is 4.74 Å². The van der Waals surface area contributed by atoms with Gasteiger partial charge in [0.15, 0.2) is 0 Å². The molecule has 5 atom stereocenters. The smallest absolute Gasteiger partial charge is 0.238 e. The predicted molar refractivity (Wildman–Crippen MR) is 108 cm³/mol. The minimum absolute atomic E-state index is 0.0149. The Hall–Kier alpha value is -1.76. The fourth-order valence-corrected chi connectivity index (χ4v) is 5.17. The lowest BCUT2D eigenvalue weighted by atomic mass is 9.70. The number of aryl methyl sites for hydroxylation is 1. The van der Waals surface area contributed by atoms with Gasteiger partial charge >= 0.3 is 0 Å². The number of carbonyl (C=O) groups excluding carboxylic acids is 2. The number of methoxy groups -OCH3 is 1. The van der Waals surface area contributed by atoms with Crippen LogP contribution >= 0.6 is 0 Å². The first-order valence-corrected chi connectivity index (χ1v) is 10.5. The Bertz CT molecular complexity index is 737. The highest BCUT2D eigenvalue weighted by Crippen LogP contribution is 2.36. The van der Waals surface area contributed by atoms with Crippen molar-refractivity contribution >= 4 is 17.4 Å². The lowest BCUT2D eigenvalue weighted by Crippen LogP contribution is -2.64. The van der Waals surface area contributed by atoms with Crippen LogP contribution in [-0.2, 0) is 14.3 Å². The Morgan fingerprint density at radius 2 is 2.00 bits per heavy atom. The number of ketones is 1. The number of nitrogens with zero attached hydrogens (tertiary/aromatic N) is 1. The number of rotatable bonds is 4. The second kappa shape index (κ2) is 8.31. The summed E-state index contributed by atoms with van der Waals surface area (Å²) in [5.41, 5.74) is 1.91. The van der Waals surface area contributed by atoms with Crippen LogP contribution in [0.2, 0.25) is 0 Å². The Labute approximate surface area is 167 Å². The molecule has 0 radical (unpaired) electrons. The Morgan fingerprint density at radius 3 is 2.79 bits per heavy atom. The number of Topliss-reactive ketones (excluding diaryl/α,β-unsaturated/α-hetero) is 1. The zero-order valence-electron chi connectivity index (χ0n) is 16.8. The summed E-state index contributed by atoms with van der Waals surface area (Å²) in [6.07, 6.45) is 3.99. The van der Waals surface area contributed by atoms with Gasteiger partial charge in [0.2, 0.25) is 5.91 Å². The second-order valence-electron chi connectivity index (χ2n) is 8.55. The number of hydrogen-bond acceptors (Lipinski definition) is 5. The van der Waals surface area contributed by atoms with Crippen LogP contribution in [0.3, 0.4) is 0 Å². The third-order valence-corrected chi connectivity index (χ3v) is 6.78. The summed E-state index contributed by atoms with van der Waals surface area (Å²) in [5.74, 6) is 0.399. The van der Waals surface area contributed by atoms with Gasteiger partial charge in [0.1, 0.15) is 5.78 Å². The summed E-state index contributed by atoms with van der Waals surface area (Å²) < 4.78 is 5.52. The number of piperidine rings is 2. The maximum Gasteiger partial charge on any atom is 0.238 e. The molecule has 0 bridgehead atoms. The maximum atomic E-state index is 13.2. The standard InChI is InChI=1S/C22H31N3O3/c1-14-5-3-4-6-18(14)24-21(26)13-25-10-9-20-17(12-25)22(27)16-11-15(28-2)7-8-19(16)23-20/h3-6,15-17,19-20,23H,7-13H2,1-2H3,(H,24,26). The molecule has 3 aliphatic rings. The summed E-state index contributed by atoms with van der Waals surface area (Å²) >= 11 is 0. The van der Waals surface area contributed by atoms with E-state index in [1.54, 1.807) is 7.11 Å². The third kappa shape index (κ3) is 4.00. The molecule has 1 aliphatic carbocycles. The molecule has 28 heavy (non-hydrogen) atoms. The minimum Gasteiger partial charge on any atom is -0.381 e. The molecule has 6 heteroatoms. The molecule has 3 fully saturated rings. The molecular weight excluding hydrogens is 354 g/mol. The number of carbonyl (C=O) groups is 2. The third-order valence-electron chi connectivity index (χ3n) is 6.78. The maximum absolute atomic E-state index is 13.2. The van der Waals surface area contributed by atoms with E-state index in [0.717, 1.165) is 43.5 Å². The van der Waals surface area contributed by atoms with Crippen molar-refractivity contribution in [2.24, 2.45) is 11.8 Å². The number of ether oxygens (including phenoxy) is 1. The largest absolute Gasteiger partial charge is 0.381 e. The molecule has 1 aromatic rings. The van der Waals surface area contributed by atoms with E-state index >= 15 is 0 Å². The summed E-state index contributed by atoms with van der Waals surface area (Å²) in [6.45, 7) is 3.83. The van der Waals surface area contributed by atoms with Crippen molar-refractivity contribution in [3.63, 3.8) is 0 Å². The van der Waals surface area contributed by atoms with Crippen LogP contribution in [0.4, 0.5) is 5.69 Å². The van der Waals surface area contributed by atoms with Crippen molar-refractivity contribution in [2.75, 3.05) is 32.1 Å². The number of para-hydroxylation sites is 1. The van der Waals surface area contributed by atoms with Crippen molar-refractivity contribution in [1.29, 1.82) is 0 Å². The monoisotopic (exact) mass is 385 g/mol. The lowest BCUT2D eigenvalue weighted by Gasteiger charge is -2.48. The molecule has 1 aromatic carbocycles. The zero-order valence-corrected chi connectivity index (χ0v) is 16.8. The molecule has 2 aliphatic heterocycles. The molecule has 6 nitrogen and oxygen atoms in total. The van der Waals surface area contributed by atoms with Crippen molar-refractivity contribution in [1.82, 2.24) is 10.2 Å². The number of hydrogen-bond donors (Lipinski definition) is 2. The number of nitrogens with one attached hydrogen (secondary N) is 2. The highest BCUT2D eigenvalue weighted by atomic mass is 16.5. The van der Waals surface area contributed by atoms with Crippen molar-refractivity contribution in [2.45, 2.75) is 50.8 Å². The van der Waals surface area contributed by atoms with Gasteiger partial charge in [0.05, 0.1) is 12.6 Å². The number of anilines is 1. The van der Waals surface area contributed by atoms with Crippen LogP contribution in [0.25, 0.3) is 0 Å². The van der Waals surface area contributed by atoms with Gasteiger partial charge in [-0.1, -0.05) is 18.2 Å². The molecule has 1 amide bonds. The summed E-state index contributed by atoms with van der Waals surface area (Å²) in [4.78, 5) is 27.8. The van der Waals surface area contributed by atoms with Crippen LogP contribution in [0.5, 0.6) is 0 Å². The van der Waals surface area contributed by atoms with Crippen LogP contribution < -0.4 is 10.6 Å². The van der Waals surface area contributed by atoms with Crippen molar-refractivity contribution in [3.8, 4) is 0 Å². The quantitative estimate of drug-likeness (QED) is 0.829. The van der Waals surface area contributed by atoms with E-state index in [0.29, 0.717) is 24.9 Å². The molecule has 4 rings (SSSR count). The first kappa shape index (κ1) is 19.6. The molecular formula is C22H31N3O3. The summed E-state index contributed by atoms with van der Waals surface area (Å²) in [6, 6.07) is 8.35. The molecule has 5 unspecified atom stereocenters. The van der Waals surface area contributed by atoms with E-state index in [9.17, 15) is 9.59 Å². The predicted octanol–water partition coefficient (Wildman–Crippen LogP) is 1.98. The summed E-state index contributed by atoms with van der Waals surface area (Å²) in [7, 11) is 1.74. The van der Waals surface area contributed by atoms with E-state index in [1.165, 1.54) is 0 Å². The van der Waals surface area contributed by atoms with Gasteiger partial charge in [0.25, 0.3) is 0 Å². The number of likely N-dealkylation sites (tertiary alicyclic amines) is 1. The first-order valence-electron chi connectivity index (χ1n) is 10.5. The van der Waals surface area contributed by atoms with E-state index in [2.05, 4.69) is 15.5 Å². The Kier molecular flexibility index (Phi) is 5.80. The SMILES string of the molecule is COC1CCC2NC3CCN(CC(=O)Nc4ccccc4C)CC3C(=O)C2C1. The Morgan fingerprint density at radius 1 is 1.21 bits per heavy atom. The molecule has 1 saturated carbocycles. The van der Waals surface area contributed by atoms with E-state index in [1.807, 2.05) is 31.2 Å². The van der Waals surface area contributed by atoms with E-state index < -0.39 is 0 Å². The average molecular weight is 386 g/mol. The average Bonchev–Trinajstić information content (AvgIpc) is 2.70. The van der Waals surface area contributed by atoms with Gasteiger partial charge in [-0.05, 0) is 44.2 Å². The van der Waals surface area contributed by atoms with Crippen LogP contribution in [-0.4, -0.2) is 61.5 Å². The topological polar surface area (TPSA) is 70.7 Å². The van der Waals surface area contributed by atoms with Crippen LogP contribution in [0.15, 0.2) is 24.3 Å². The number of benzene rings is 1. The molecule has 2 heterocycles. The fraction of sp³-hybridized carbons (Fsp3) is 0.636. The minimum atomic E-state index is -0.0168. The first-order chi connectivity index (χ1) is 13.5. The van der Waals surface area contributed by atoms with E-state index in [-0.39, 0.29) is 29.9 Å². The number of fused-ring (bicyclic) bond motifs is 2. The highest BCUT2D eigenvalue weighted by Gasteiger charge is 2.47. The second-order valence-corrected chi connectivity index (χ2v) is 8.55. The highest BCUT2D eigenvalue weighted by molar-refractivity contribution is 5.93. The molecule has 0 aromatic heterocycles. The molecule has 0 spiro atoms. The number of amides is 1. The zero-order chi connectivity index (χ0) is 19.7. The van der Waals surface area contributed by atoms with Crippen LogP contribution in [0.1, 0.15) is 31.2 Å². The normalized spacial score (nSPS) is 33.1. The van der Waals surface area contributed by atoms with Gasteiger partial charge in [-0.2, -0.15) is 0 Å². The van der Waals surface area contributed by atoms with Crippen molar-refractivity contribution < 1.29 is 14.3 Å². The summed E-state index contributed by atoms with van der Waals surface area (Å²) in [5, 5.41) is 6.75. The van der Waals surface area contributed by atoms with Gasteiger partial charge in [0, 0.05) is 49.8 Å². The van der Waals surface area contributed by atoms with Crippen molar-refractivity contribution in [3.05, 3.63) is 29.8 Å². The lowest BCUT2D eigenvalue weighted by molar-refractivity contribution is -0.138. The van der Waals surface area contributed by atoms with Gasteiger partial charge < -0.3 is 15.4 Å². The molecule has 2 saturated heterocycles. The fourth-order valence-electron chi connectivity index (χ4n) is 5.17. The van der Waals surface area contributed by atoms with Crippen LogP contribution in [0, 0.1) is 18.8 Å². The van der Waals surface area contributed by atoms with Gasteiger partial charge in [-0.15, -0.1) is 0 Å². The molecule has 2 N–H and O–H groups in total. The molecule has 152 valence electrons. The van der Waals surface area contributed by atoms with Gasteiger partial charge in [-0.3, -0.25) is 14.5 Å². The van der Waals surface area contributed by atoms with Gasteiger partial charge in [-0.25, -0.2) is 0 Å².